The van der Waals surface area contributed by atoms with Gasteiger partial charge in [-0.05, 0) is 26.2 Å². The first-order chi connectivity index (χ1) is 6.13. The molecule has 0 atom stereocenters. The van der Waals surface area contributed by atoms with Gasteiger partial charge in [0, 0.05) is 18.6 Å². The highest BCUT2D eigenvalue weighted by Crippen LogP contribution is 2.37. The Kier molecular flexibility index (Phi) is 1.78. The quantitative estimate of drug-likeness (QED) is 0.575. The van der Waals surface area contributed by atoms with Crippen molar-refractivity contribution in [3.05, 3.63) is 0 Å². The molecule has 2 amide bonds. The summed E-state index contributed by atoms with van der Waals surface area (Å²) >= 11 is 0. The first kappa shape index (κ1) is 8.53. The van der Waals surface area contributed by atoms with Crippen molar-refractivity contribution in [2.45, 2.75) is 31.7 Å². The van der Waals surface area contributed by atoms with E-state index in [9.17, 15) is 9.59 Å². The Hall–Kier alpha value is -1.06. The molecule has 0 aromatic carbocycles. The summed E-state index contributed by atoms with van der Waals surface area (Å²) in [5.41, 5.74) is -0.0329. The van der Waals surface area contributed by atoms with E-state index in [1.54, 1.807) is 4.90 Å². The third-order valence-corrected chi connectivity index (χ3v) is 3.14. The summed E-state index contributed by atoms with van der Waals surface area (Å²) in [7, 11) is 0. The third kappa shape index (κ3) is 1.20. The summed E-state index contributed by atoms with van der Waals surface area (Å²) < 4.78 is 0. The molecule has 2 aliphatic rings. The number of rotatable bonds is 1. The number of nitrogens with zero attached hydrogens (tertiary/aromatic N) is 1. The molecule has 1 saturated carbocycles. The van der Waals surface area contributed by atoms with Gasteiger partial charge in [-0.25, -0.2) is 0 Å². The Balaban J connectivity index is 2.13. The van der Waals surface area contributed by atoms with Gasteiger partial charge in [-0.15, -0.1) is 0 Å². The zero-order chi connectivity index (χ0) is 9.47. The Morgan fingerprint density at radius 1 is 1.38 bits per heavy atom. The maximum absolute atomic E-state index is 11.5. The van der Waals surface area contributed by atoms with E-state index in [1.807, 2.05) is 0 Å². The van der Waals surface area contributed by atoms with Crippen LogP contribution in [0.25, 0.3) is 0 Å². The molecule has 13 heavy (non-hydrogen) atoms. The zero-order valence-corrected chi connectivity index (χ0v) is 7.80. The van der Waals surface area contributed by atoms with Crippen LogP contribution in [0.1, 0.15) is 26.2 Å². The van der Waals surface area contributed by atoms with Gasteiger partial charge in [0.05, 0.1) is 0 Å². The molecular weight excluding hydrogens is 168 g/mol. The average Bonchev–Trinajstić information content (AvgIpc) is 2.06. The van der Waals surface area contributed by atoms with Gasteiger partial charge in [0.1, 0.15) is 0 Å². The number of carbonyl (C=O) groups excluding carboxylic acids is 2. The summed E-state index contributed by atoms with van der Waals surface area (Å²) in [5.74, 6) is -0.798. The third-order valence-electron chi connectivity index (χ3n) is 3.14. The SMILES string of the molecule is CC1(N2CCNC(=O)C2=O)CCC1. The maximum atomic E-state index is 11.5. The van der Waals surface area contributed by atoms with Crippen molar-refractivity contribution in [3.8, 4) is 0 Å². The Labute approximate surface area is 77.3 Å². The van der Waals surface area contributed by atoms with E-state index < -0.39 is 5.91 Å². The molecule has 0 aromatic heterocycles. The molecule has 1 saturated heterocycles. The molecule has 1 N–H and O–H groups in total. The predicted octanol–water partition coefficient (Wildman–Crippen LogP) is -0.113. The van der Waals surface area contributed by atoms with Gasteiger partial charge >= 0.3 is 11.8 Å². The topological polar surface area (TPSA) is 49.4 Å². The maximum Gasteiger partial charge on any atom is 0.312 e. The minimum Gasteiger partial charge on any atom is -0.346 e. The van der Waals surface area contributed by atoms with Gasteiger partial charge in [0.25, 0.3) is 0 Å². The van der Waals surface area contributed by atoms with Crippen molar-refractivity contribution in [1.82, 2.24) is 10.2 Å². The van der Waals surface area contributed by atoms with Crippen LogP contribution in [0.5, 0.6) is 0 Å². The monoisotopic (exact) mass is 182 g/mol. The fourth-order valence-electron chi connectivity index (χ4n) is 2.05. The van der Waals surface area contributed by atoms with Gasteiger partial charge in [-0.2, -0.15) is 0 Å². The van der Waals surface area contributed by atoms with Crippen LogP contribution in [-0.2, 0) is 9.59 Å². The van der Waals surface area contributed by atoms with Gasteiger partial charge in [-0.3, -0.25) is 9.59 Å². The number of piperazine rings is 1. The van der Waals surface area contributed by atoms with E-state index in [2.05, 4.69) is 12.2 Å². The molecule has 0 radical (unpaired) electrons. The lowest BCUT2D eigenvalue weighted by Crippen LogP contribution is -2.62. The van der Waals surface area contributed by atoms with Crippen LogP contribution in [0.15, 0.2) is 0 Å². The molecule has 1 aliphatic carbocycles. The second-order valence-electron chi connectivity index (χ2n) is 4.06. The van der Waals surface area contributed by atoms with Crippen LogP contribution in [0, 0.1) is 0 Å². The molecule has 4 nitrogen and oxygen atoms in total. The van der Waals surface area contributed by atoms with Crippen molar-refractivity contribution in [3.63, 3.8) is 0 Å². The number of hydrogen-bond donors (Lipinski definition) is 1. The minimum absolute atomic E-state index is 0.0329. The van der Waals surface area contributed by atoms with E-state index >= 15 is 0 Å². The smallest absolute Gasteiger partial charge is 0.312 e. The fourth-order valence-corrected chi connectivity index (χ4v) is 2.05. The molecule has 0 spiro atoms. The Morgan fingerprint density at radius 2 is 2.08 bits per heavy atom. The normalized spacial score (nSPS) is 26.7. The standard InChI is InChI=1S/C9H14N2O2/c1-9(3-2-4-9)11-6-5-10-7(12)8(11)13/h2-6H2,1H3,(H,10,12). The average molecular weight is 182 g/mol. The number of carbonyl (C=O) groups is 2. The second-order valence-corrected chi connectivity index (χ2v) is 4.06. The highest BCUT2D eigenvalue weighted by atomic mass is 16.2. The van der Waals surface area contributed by atoms with Crippen molar-refractivity contribution in [2.24, 2.45) is 0 Å². The van der Waals surface area contributed by atoms with Crippen LogP contribution in [0.4, 0.5) is 0 Å². The van der Waals surface area contributed by atoms with Gasteiger partial charge in [0.2, 0.25) is 0 Å². The van der Waals surface area contributed by atoms with Gasteiger partial charge in [0.15, 0.2) is 0 Å². The fraction of sp³-hybridized carbons (Fsp3) is 0.778. The van der Waals surface area contributed by atoms with Gasteiger partial charge in [-0.1, -0.05) is 0 Å². The first-order valence-corrected chi connectivity index (χ1v) is 4.73. The van der Waals surface area contributed by atoms with E-state index in [1.165, 1.54) is 6.42 Å². The van der Waals surface area contributed by atoms with Crippen LogP contribution in [0.3, 0.4) is 0 Å². The van der Waals surface area contributed by atoms with Crippen LogP contribution in [-0.4, -0.2) is 35.3 Å². The molecule has 1 heterocycles. The lowest BCUT2D eigenvalue weighted by atomic mass is 9.76. The molecule has 0 bridgehead atoms. The number of amides is 2. The van der Waals surface area contributed by atoms with E-state index in [4.69, 9.17) is 0 Å². The summed E-state index contributed by atoms with van der Waals surface area (Å²) in [6, 6.07) is 0. The lowest BCUT2D eigenvalue weighted by molar-refractivity contribution is -0.155. The molecule has 0 unspecified atom stereocenters. The van der Waals surface area contributed by atoms with Crippen molar-refractivity contribution >= 4 is 11.8 Å². The predicted molar refractivity (Wildman–Crippen MR) is 47.0 cm³/mol. The van der Waals surface area contributed by atoms with Gasteiger partial charge < -0.3 is 10.2 Å². The Bertz CT molecular complexity index is 258. The largest absolute Gasteiger partial charge is 0.346 e. The molecule has 2 rings (SSSR count). The van der Waals surface area contributed by atoms with E-state index in [0.29, 0.717) is 13.1 Å². The highest BCUT2D eigenvalue weighted by molar-refractivity contribution is 6.35. The van der Waals surface area contributed by atoms with Crippen molar-refractivity contribution in [2.75, 3.05) is 13.1 Å². The molecule has 4 heteroatoms. The molecule has 72 valence electrons. The number of hydrogen-bond acceptors (Lipinski definition) is 2. The van der Waals surface area contributed by atoms with Crippen LogP contribution in [0.2, 0.25) is 0 Å². The molecular formula is C9H14N2O2. The highest BCUT2D eigenvalue weighted by Gasteiger charge is 2.43. The van der Waals surface area contributed by atoms with E-state index in [-0.39, 0.29) is 11.4 Å². The Morgan fingerprint density at radius 3 is 2.62 bits per heavy atom. The summed E-state index contributed by atoms with van der Waals surface area (Å²) in [5, 5.41) is 2.55. The lowest BCUT2D eigenvalue weighted by Gasteiger charge is -2.48. The summed E-state index contributed by atoms with van der Waals surface area (Å²) in [6.45, 7) is 3.33. The minimum atomic E-state index is -0.445. The molecule has 0 aromatic rings. The van der Waals surface area contributed by atoms with Crippen LogP contribution >= 0.6 is 0 Å². The zero-order valence-electron chi connectivity index (χ0n) is 7.80. The van der Waals surface area contributed by atoms with Crippen molar-refractivity contribution in [1.29, 1.82) is 0 Å². The first-order valence-electron chi connectivity index (χ1n) is 4.73. The molecule has 2 fully saturated rings. The van der Waals surface area contributed by atoms with E-state index in [0.717, 1.165) is 12.8 Å². The number of nitrogens with one attached hydrogen (secondary N) is 1. The molecule has 1 aliphatic heterocycles. The van der Waals surface area contributed by atoms with Crippen LogP contribution < -0.4 is 5.32 Å². The van der Waals surface area contributed by atoms with Crippen molar-refractivity contribution < 1.29 is 9.59 Å². The summed E-state index contributed by atoms with van der Waals surface area (Å²) in [6.07, 6.45) is 3.24. The second kappa shape index (κ2) is 2.72. The summed E-state index contributed by atoms with van der Waals surface area (Å²) in [4.78, 5) is 24.3.